The van der Waals surface area contributed by atoms with E-state index in [0.717, 1.165) is 29.9 Å². The molecule has 1 aromatic heterocycles. The van der Waals surface area contributed by atoms with Crippen molar-refractivity contribution in [1.82, 2.24) is 14.9 Å². The summed E-state index contributed by atoms with van der Waals surface area (Å²) in [5.74, 6) is 0.604. The first-order valence-corrected chi connectivity index (χ1v) is 5.70. The lowest BCUT2D eigenvalue weighted by Crippen LogP contribution is -2.34. The minimum Gasteiger partial charge on any atom is -0.368 e. The monoisotopic (exact) mass is 235 g/mol. The third-order valence-electron chi connectivity index (χ3n) is 3.09. The van der Waals surface area contributed by atoms with Gasteiger partial charge in [-0.1, -0.05) is 0 Å². The average molecular weight is 235 g/mol. The quantitative estimate of drug-likeness (QED) is 0.811. The molecule has 0 saturated carbocycles. The van der Waals surface area contributed by atoms with E-state index in [1.165, 1.54) is 12.1 Å². The van der Waals surface area contributed by atoms with Gasteiger partial charge < -0.3 is 14.6 Å². The first-order chi connectivity index (χ1) is 8.25. The Bertz CT molecular complexity index is 546. The van der Waals surface area contributed by atoms with E-state index in [1.807, 2.05) is 11.6 Å². The van der Waals surface area contributed by atoms with Crippen LogP contribution in [0.2, 0.25) is 0 Å². The molecule has 90 valence electrons. The fourth-order valence-electron chi connectivity index (χ4n) is 2.20. The molecular formula is C12H14FN3O. The number of nitrogens with one attached hydrogen (secondary N) is 1. The van der Waals surface area contributed by atoms with E-state index in [1.54, 1.807) is 6.07 Å². The van der Waals surface area contributed by atoms with Crippen molar-refractivity contribution in [2.45, 2.75) is 6.10 Å². The van der Waals surface area contributed by atoms with Gasteiger partial charge in [-0.25, -0.2) is 9.37 Å². The van der Waals surface area contributed by atoms with Gasteiger partial charge in [0, 0.05) is 20.1 Å². The Hall–Kier alpha value is -1.46. The molecule has 0 bridgehead atoms. The van der Waals surface area contributed by atoms with Crippen molar-refractivity contribution >= 4 is 11.0 Å². The molecule has 0 amide bonds. The second-order valence-electron chi connectivity index (χ2n) is 4.23. The number of hydrogen-bond donors (Lipinski definition) is 1. The number of nitrogens with zero attached hydrogens (tertiary/aromatic N) is 2. The van der Waals surface area contributed by atoms with Gasteiger partial charge in [-0.3, -0.25) is 0 Å². The van der Waals surface area contributed by atoms with Gasteiger partial charge in [-0.05, 0) is 18.2 Å². The maximum Gasteiger partial charge on any atom is 0.140 e. The Labute approximate surface area is 98.4 Å². The molecule has 2 heterocycles. The largest absolute Gasteiger partial charge is 0.368 e. The molecule has 1 atom stereocenters. The molecular weight excluding hydrogens is 221 g/mol. The molecule has 5 heteroatoms. The minimum atomic E-state index is -0.241. The molecule has 2 aromatic rings. The third kappa shape index (κ3) is 1.81. The topological polar surface area (TPSA) is 39.1 Å². The van der Waals surface area contributed by atoms with E-state index in [0.29, 0.717) is 6.61 Å². The highest BCUT2D eigenvalue weighted by atomic mass is 19.1. The van der Waals surface area contributed by atoms with E-state index < -0.39 is 0 Å². The maximum absolute atomic E-state index is 13.2. The molecule has 1 fully saturated rings. The van der Waals surface area contributed by atoms with Crippen LogP contribution in [0.15, 0.2) is 18.2 Å². The lowest BCUT2D eigenvalue weighted by molar-refractivity contribution is 0.0208. The molecule has 1 N–H and O–H groups in total. The molecule has 4 nitrogen and oxygen atoms in total. The van der Waals surface area contributed by atoms with Gasteiger partial charge in [0.2, 0.25) is 0 Å². The van der Waals surface area contributed by atoms with Crippen LogP contribution in [0.3, 0.4) is 0 Å². The van der Waals surface area contributed by atoms with Crippen molar-refractivity contribution in [2.24, 2.45) is 7.05 Å². The zero-order valence-corrected chi connectivity index (χ0v) is 9.61. The van der Waals surface area contributed by atoms with Crippen LogP contribution in [0.4, 0.5) is 4.39 Å². The second kappa shape index (κ2) is 4.09. The molecule has 0 radical (unpaired) electrons. The number of ether oxygens (including phenoxy) is 1. The van der Waals surface area contributed by atoms with Crippen LogP contribution < -0.4 is 5.32 Å². The van der Waals surface area contributed by atoms with Crippen LogP contribution in [-0.2, 0) is 11.8 Å². The average Bonchev–Trinajstić information content (AvgIpc) is 2.68. The predicted molar refractivity (Wildman–Crippen MR) is 62.2 cm³/mol. The Morgan fingerprint density at radius 1 is 1.53 bits per heavy atom. The highest BCUT2D eigenvalue weighted by molar-refractivity contribution is 5.76. The summed E-state index contributed by atoms with van der Waals surface area (Å²) in [6, 6.07) is 4.63. The Morgan fingerprint density at radius 3 is 3.18 bits per heavy atom. The van der Waals surface area contributed by atoms with E-state index >= 15 is 0 Å². The van der Waals surface area contributed by atoms with Gasteiger partial charge in [0.05, 0.1) is 17.6 Å². The second-order valence-corrected chi connectivity index (χ2v) is 4.23. The van der Waals surface area contributed by atoms with Crippen molar-refractivity contribution in [2.75, 3.05) is 19.7 Å². The SMILES string of the molecule is Cn1c(C2CNCCO2)nc2ccc(F)cc21. The first kappa shape index (κ1) is 10.7. The van der Waals surface area contributed by atoms with Crippen molar-refractivity contribution in [1.29, 1.82) is 0 Å². The lowest BCUT2D eigenvalue weighted by atomic mass is 10.3. The molecule has 1 unspecified atom stereocenters. The van der Waals surface area contributed by atoms with E-state index in [9.17, 15) is 4.39 Å². The number of halogens is 1. The number of morpholine rings is 1. The Kier molecular flexibility index (Phi) is 2.57. The summed E-state index contributed by atoms with van der Waals surface area (Å²) in [6.07, 6.45) is -0.0517. The summed E-state index contributed by atoms with van der Waals surface area (Å²) in [4.78, 5) is 4.51. The number of aromatic nitrogens is 2. The molecule has 3 rings (SSSR count). The number of imidazole rings is 1. The van der Waals surface area contributed by atoms with Gasteiger partial charge in [-0.15, -0.1) is 0 Å². The number of rotatable bonds is 1. The Balaban J connectivity index is 2.07. The van der Waals surface area contributed by atoms with Gasteiger partial charge in [-0.2, -0.15) is 0 Å². The molecule has 0 spiro atoms. The smallest absolute Gasteiger partial charge is 0.140 e. The maximum atomic E-state index is 13.2. The molecule has 0 aliphatic carbocycles. The Morgan fingerprint density at radius 2 is 2.41 bits per heavy atom. The first-order valence-electron chi connectivity index (χ1n) is 5.70. The number of fused-ring (bicyclic) bond motifs is 1. The normalized spacial score (nSPS) is 20.9. The number of hydrogen-bond acceptors (Lipinski definition) is 3. The third-order valence-corrected chi connectivity index (χ3v) is 3.09. The van der Waals surface area contributed by atoms with Crippen molar-refractivity contribution in [3.8, 4) is 0 Å². The van der Waals surface area contributed by atoms with Crippen LogP contribution >= 0.6 is 0 Å². The van der Waals surface area contributed by atoms with Gasteiger partial charge in [0.1, 0.15) is 17.7 Å². The van der Waals surface area contributed by atoms with Crippen molar-refractivity contribution in [3.63, 3.8) is 0 Å². The predicted octanol–water partition coefficient (Wildman–Crippen LogP) is 1.37. The van der Waals surface area contributed by atoms with Crippen LogP contribution in [-0.4, -0.2) is 29.2 Å². The summed E-state index contributed by atoms with van der Waals surface area (Å²) in [5, 5.41) is 3.26. The molecule has 1 aliphatic rings. The molecule has 17 heavy (non-hydrogen) atoms. The van der Waals surface area contributed by atoms with Crippen molar-refractivity contribution in [3.05, 3.63) is 29.8 Å². The number of aryl methyl sites for hydroxylation is 1. The highest BCUT2D eigenvalue weighted by Crippen LogP contribution is 2.23. The zero-order valence-electron chi connectivity index (χ0n) is 9.61. The van der Waals surface area contributed by atoms with Crippen LogP contribution in [0.1, 0.15) is 11.9 Å². The highest BCUT2D eigenvalue weighted by Gasteiger charge is 2.21. The zero-order chi connectivity index (χ0) is 11.8. The lowest BCUT2D eigenvalue weighted by Gasteiger charge is -2.23. The van der Waals surface area contributed by atoms with Gasteiger partial charge in [0.15, 0.2) is 0 Å². The standard InChI is InChI=1S/C12H14FN3O/c1-16-10-6-8(13)2-3-9(10)15-12(16)11-7-14-4-5-17-11/h2-3,6,11,14H,4-5,7H2,1H3. The van der Waals surface area contributed by atoms with Crippen molar-refractivity contribution < 1.29 is 9.13 Å². The fraction of sp³-hybridized carbons (Fsp3) is 0.417. The summed E-state index contributed by atoms with van der Waals surface area (Å²) < 4.78 is 20.7. The van der Waals surface area contributed by atoms with E-state index in [2.05, 4.69) is 10.3 Å². The summed E-state index contributed by atoms with van der Waals surface area (Å²) in [5.41, 5.74) is 1.60. The van der Waals surface area contributed by atoms with E-state index in [4.69, 9.17) is 4.74 Å². The summed E-state index contributed by atoms with van der Waals surface area (Å²) in [7, 11) is 1.89. The summed E-state index contributed by atoms with van der Waals surface area (Å²) in [6.45, 7) is 2.30. The molecule has 1 saturated heterocycles. The fourth-order valence-corrected chi connectivity index (χ4v) is 2.20. The van der Waals surface area contributed by atoms with E-state index in [-0.39, 0.29) is 11.9 Å². The van der Waals surface area contributed by atoms with Gasteiger partial charge in [0.25, 0.3) is 0 Å². The molecule has 1 aliphatic heterocycles. The minimum absolute atomic E-state index is 0.0517. The number of benzene rings is 1. The van der Waals surface area contributed by atoms with Crippen LogP contribution in [0, 0.1) is 5.82 Å². The van der Waals surface area contributed by atoms with Gasteiger partial charge >= 0.3 is 0 Å². The van der Waals surface area contributed by atoms with Crippen LogP contribution in [0.5, 0.6) is 0 Å². The molecule has 1 aromatic carbocycles. The summed E-state index contributed by atoms with van der Waals surface area (Å²) >= 11 is 0. The van der Waals surface area contributed by atoms with Crippen LogP contribution in [0.25, 0.3) is 11.0 Å².